The Labute approximate surface area is 144 Å². The summed E-state index contributed by atoms with van der Waals surface area (Å²) in [5.41, 5.74) is -0.0933. The molecule has 0 aliphatic carbocycles. The van der Waals surface area contributed by atoms with Gasteiger partial charge in [0, 0.05) is 44.3 Å². The van der Waals surface area contributed by atoms with Gasteiger partial charge in [0.15, 0.2) is 0 Å². The number of alkyl halides is 3. The third-order valence-electron chi connectivity index (χ3n) is 4.41. The van der Waals surface area contributed by atoms with Crippen LogP contribution in [0.5, 0.6) is 0 Å². The second-order valence-corrected chi connectivity index (χ2v) is 6.33. The normalized spacial score (nSPS) is 19.4. The third-order valence-corrected chi connectivity index (χ3v) is 4.41. The summed E-state index contributed by atoms with van der Waals surface area (Å²) in [6.07, 6.45) is 1.48. The number of halogens is 3. The van der Waals surface area contributed by atoms with Crippen LogP contribution in [0.25, 0.3) is 0 Å². The fraction of sp³-hybridized carbons (Fsp3) is 0.471. The summed E-state index contributed by atoms with van der Waals surface area (Å²) < 4.78 is 38.3. The molecule has 134 valence electrons. The molecule has 1 saturated heterocycles. The molecule has 1 aliphatic rings. The molecule has 1 atom stereocenters. The zero-order chi connectivity index (χ0) is 18.0. The van der Waals surface area contributed by atoms with Gasteiger partial charge < -0.3 is 4.90 Å². The molecule has 0 spiro atoms. The van der Waals surface area contributed by atoms with E-state index < -0.39 is 11.7 Å². The molecule has 0 amide bonds. The molecule has 5 nitrogen and oxygen atoms in total. The molecule has 2 aromatic heterocycles. The van der Waals surface area contributed by atoms with E-state index in [1.165, 1.54) is 6.07 Å². The molecule has 0 aromatic carbocycles. The Balaban J connectivity index is 1.86. The van der Waals surface area contributed by atoms with Gasteiger partial charge in [-0.1, -0.05) is 0 Å². The van der Waals surface area contributed by atoms with Crippen molar-refractivity contribution in [1.29, 1.82) is 0 Å². The lowest BCUT2D eigenvalue weighted by molar-refractivity contribution is -0.137. The summed E-state index contributed by atoms with van der Waals surface area (Å²) in [5, 5.41) is 0. The Kier molecular flexibility index (Phi) is 4.89. The Morgan fingerprint density at radius 3 is 2.44 bits per heavy atom. The van der Waals surface area contributed by atoms with Gasteiger partial charge >= 0.3 is 6.18 Å². The van der Waals surface area contributed by atoms with Crippen molar-refractivity contribution in [2.24, 2.45) is 0 Å². The Morgan fingerprint density at radius 2 is 1.88 bits per heavy atom. The smallest absolute Gasteiger partial charge is 0.352 e. The predicted molar refractivity (Wildman–Crippen MR) is 88.1 cm³/mol. The molecule has 3 rings (SSSR count). The van der Waals surface area contributed by atoms with Gasteiger partial charge in [-0.15, -0.1) is 0 Å². The summed E-state index contributed by atoms with van der Waals surface area (Å²) in [6, 6.07) is 2.74. The van der Waals surface area contributed by atoms with E-state index in [1.807, 2.05) is 0 Å². The van der Waals surface area contributed by atoms with E-state index in [0.717, 1.165) is 31.2 Å². The highest BCUT2D eigenvalue weighted by atomic mass is 19.4. The number of hydrogen-bond acceptors (Lipinski definition) is 5. The van der Waals surface area contributed by atoms with Gasteiger partial charge in [-0.2, -0.15) is 13.2 Å². The van der Waals surface area contributed by atoms with Gasteiger partial charge in [0.2, 0.25) is 0 Å². The highest BCUT2D eigenvalue weighted by molar-refractivity contribution is 5.37. The maximum absolute atomic E-state index is 12.8. The summed E-state index contributed by atoms with van der Waals surface area (Å²) in [4.78, 5) is 16.9. The van der Waals surface area contributed by atoms with Crippen molar-refractivity contribution < 1.29 is 13.2 Å². The van der Waals surface area contributed by atoms with Gasteiger partial charge in [-0.3, -0.25) is 14.9 Å². The SMILES string of the molecule is CC(C)N1CCN(c2cnccn2)CC1c1ccc(C(F)(F)F)cn1. The molecule has 1 fully saturated rings. The maximum Gasteiger partial charge on any atom is 0.417 e. The minimum absolute atomic E-state index is 0.0990. The van der Waals surface area contributed by atoms with E-state index in [2.05, 4.69) is 38.6 Å². The van der Waals surface area contributed by atoms with Crippen LogP contribution in [0.3, 0.4) is 0 Å². The molecule has 25 heavy (non-hydrogen) atoms. The average Bonchev–Trinajstić information content (AvgIpc) is 2.61. The van der Waals surface area contributed by atoms with Gasteiger partial charge in [0.05, 0.1) is 23.5 Å². The molecule has 2 aromatic rings. The lowest BCUT2D eigenvalue weighted by Crippen LogP contribution is -2.51. The number of rotatable bonds is 3. The first-order valence-electron chi connectivity index (χ1n) is 8.16. The largest absolute Gasteiger partial charge is 0.417 e. The topological polar surface area (TPSA) is 45.2 Å². The van der Waals surface area contributed by atoms with Crippen molar-refractivity contribution in [2.45, 2.75) is 32.1 Å². The lowest BCUT2D eigenvalue weighted by Gasteiger charge is -2.43. The Hall–Kier alpha value is -2.22. The van der Waals surface area contributed by atoms with E-state index >= 15 is 0 Å². The first-order valence-corrected chi connectivity index (χ1v) is 8.16. The van der Waals surface area contributed by atoms with Crippen LogP contribution in [0, 0.1) is 0 Å². The number of pyridine rings is 1. The molecule has 1 unspecified atom stereocenters. The summed E-state index contributed by atoms with van der Waals surface area (Å²) in [5.74, 6) is 0.766. The molecule has 0 N–H and O–H groups in total. The fourth-order valence-corrected chi connectivity index (χ4v) is 3.11. The van der Waals surface area contributed by atoms with Gasteiger partial charge in [0.25, 0.3) is 0 Å². The predicted octanol–water partition coefficient (Wildman–Crippen LogP) is 3.16. The zero-order valence-corrected chi connectivity index (χ0v) is 14.1. The fourth-order valence-electron chi connectivity index (χ4n) is 3.11. The van der Waals surface area contributed by atoms with Crippen molar-refractivity contribution in [3.63, 3.8) is 0 Å². The van der Waals surface area contributed by atoms with Crippen molar-refractivity contribution in [3.8, 4) is 0 Å². The number of hydrogen-bond donors (Lipinski definition) is 0. The zero-order valence-electron chi connectivity index (χ0n) is 14.1. The van der Waals surface area contributed by atoms with Crippen LogP contribution >= 0.6 is 0 Å². The second-order valence-electron chi connectivity index (χ2n) is 6.33. The molecular weight excluding hydrogens is 331 g/mol. The molecule has 3 heterocycles. The molecule has 0 radical (unpaired) electrons. The van der Waals surface area contributed by atoms with Gasteiger partial charge in [-0.25, -0.2) is 4.98 Å². The minimum Gasteiger partial charge on any atom is -0.352 e. The Bertz CT molecular complexity index is 688. The third kappa shape index (κ3) is 3.89. The van der Waals surface area contributed by atoms with Crippen LogP contribution < -0.4 is 4.90 Å². The van der Waals surface area contributed by atoms with E-state index in [9.17, 15) is 13.2 Å². The quantitative estimate of drug-likeness (QED) is 0.850. The first kappa shape index (κ1) is 17.6. The minimum atomic E-state index is -4.37. The second kappa shape index (κ2) is 6.95. The lowest BCUT2D eigenvalue weighted by atomic mass is 10.0. The van der Waals surface area contributed by atoms with Gasteiger partial charge in [0.1, 0.15) is 5.82 Å². The average molecular weight is 351 g/mol. The van der Waals surface area contributed by atoms with Crippen LogP contribution in [-0.2, 0) is 6.18 Å². The van der Waals surface area contributed by atoms with Crippen LogP contribution in [0.1, 0.15) is 31.1 Å². The van der Waals surface area contributed by atoms with E-state index in [0.29, 0.717) is 12.2 Å². The molecule has 8 heteroatoms. The number of nitrogens with zero attached hydrogens (tertiary/aromatic N) is 5. The monoisotopic (exact) mass is 351 g/mol. The first-order chi connectivity index (χ1) is 11.9. The van der Waals surface area contributed by atoms with E-state index in [-0.39, 0.29) is 12.1 Å². The van der Waals surface area contributed by atoms with Crippen LogP contribution in [-0.4, -0.2) is 45.5 Å². The summed E-state index contributed by atoms with van der Waals surface area (Å²) in [7, 11) is 0. The number of anilines is 1. The van der Waals surface area contributed by atoms with E-state index in [4.69, 9.17) is 0 Å². The number of piperazine rings is 1. The highest BCUT2D eigenvalue weighted by Crippen LogP contribution is 2.31. The molecule has 0 saturated carbocycles. The van der Waals surface area contributed by atoms with Crippen molar-refractivity contribution >= 4 is 5.82 Å². The molecule has 0 bridgehead atoms. The van der Waals surface area contributed by atoms with Crippen LogP contribution in [0.15, 0.2) is 36.9 Å². The molecular formula is C17H20F3N5. The highest BCUT2D eigenvalue weighted by Gasteiger charge is 2.34. The number of aromatic nitrogens is 3. The van der Waals surface area contributed by atoms with Crippen molar-refractivity contribution in [3.05, 3.63) is 48.2 Å². The van der Waals surface area contributed by atoms with Gasteiger partial charge in [-0.05, 0) is 26.0 Å². The summed E-state index contributed by atoms with van der Waals surface area (Å²) >= 11 is 0. The van der Waals surface area contributed by atoms with Crippen molar-refractivity contribution in [2.75, 3.05) is 24.5 Å². The maximum atomic E-state index is 12.8. The van der Waals surface area contributed by atoms with Crippen LogP contribution in [0.2, 0.25) is 0 Å². The molecule has 1 aliphatic heterocycles. The van der Waals surface area contributed by atoms with E-state index in [1.54, 1.807) is 18.6 Å². The van der Waals surface area contributed by atoms with Crippen molar-refractivity contribution in [1.82, 2.24) is 19.9 Å². The standard InChI is InChI=1S/C17H20F3N5/c1-12(2)25-8-7-24(16-10-21-5-6-22-16)11-15(25)14-4-3-13(9-23-14)17(18,19)20/h3-6,9-10,12,15H,7-8,11H2,1-2H3. The van der Waals surface area contributed by atoms with Crippen LogP contribution in [0.4, 0.5) is 19.0 Å². The summed E-state index contributed by atoms with van der Waals surface area (Å²) in [6.45, 7) is 6.33. The Morgan fingerprint density at radius 1 is 1.08 bits per heavy atom.